The number of halogens is 1. The van der Waals surface area contributed by atoms with Crippen LogP contribution in [0.25, 0.3) is 0 Å². The first kappa shape index (κ1) is 16.0. The molecule has 0 saturated carbocycles. The van der Waals surface area contributed by atoms with Crippen LogP contribution >= 0.6 is 15.9 Å². The Labute approximate surface area is 132 Å². The van der Waals surface area contributed by atoms with Gasteiger partial charge in [0.15, 0.2) is 0 Å². The highest BCUT2D eigenvalue weighted by atomic mass is 79.9. The zero-order chi connectivity index (χ0) is 15.2. The van der Waals surface area contributed by atoms with E-state index in [2.05, 4.69) is 39.6 Å². The van der Waals surface area contributed by atoms with Crippen molar-refractivity contribution in [1.82, 2.24) is 5.32 Å². The third-order valence-electron chi connectivity index (χ3n) is 3.43. The van der Waals surface area contributed by atoms with Gasteiger partial charge in [-0.15, -0.1) is 0 Å². The van der Waals surface area contributed by atoms with E-state index >= 15 is 0 Å². The molecule has 1 fully saturated rings. The van der Waals surface area contributed by atoms with Crippen LogP contribution in [0.3, 0.4) is 0 Å². The minimum atomic E-state index is -0.234. The second-order valence-corrected chi connectivity index (χ2v) is 5.91. The van der Waals surface area contributed by atoms with Gasteiger partial charge in [-0.2, -0.15) is 5.26 Å². The number of nitrogens with zero attached hydrogens (tertiary/aromatic N) is 1. The van der Waals surface area contributed by atoms with Crippen molar-refractivity contribution in [1.29, 1.82) is 5.26 Å². The van der Waals surface area contributed by atoms with Gasteiger partial charge >= 0.3 is 0 Å². The minimum Gasteiger partial charge on any atom is -0.379 e. The lowest BCUT2D eigenvalue weighted by Crippen LogP contribution is -2.41. The molecule has 1 aromatic rings. The van der Waals surface area contributed by atoms with Crippen molar-refractivity contribution in [2.45, 2.75) is 19.4 Å². The number of amides is 1. The Morgan fingerprint density at radius 2 is 2.33 bits per heavy atom. The number of anilines is 1. The molecule has 6 heteroatoms. The van der Waals surface area contributed by atoms with E-state index in [0.717, 1.165) is 17.4 Å². The summed E-state index contributed by atoms with van der Waals surface area (Å²) in [6, 6.07) is 7.30. The van der Waals surface area contributed by atoms with Crippen LogP contribution in [-0.4, -0.2) is 31.7 Å². The molecule has 0 aliphatic carbocycles. The Morgan fingerprint density at radius 3 is 3.05 bits per heavy atom. The van der Waals surface area contributed by atoms with E-state index in [1.54, 1.807) is 18.2 Å². The molecule has 1 aliphatic rings. The standard InChI is InChI=1S/C15H18BrN3O2/c1-2-5-18-14-9-21-8-12(14)15(20)19-13-6-11(16)4-3-10(13)7-17/h3-4,6,12,14,18H,2,5,8-9H2,1H3,(H,19,20). The molecular formula is C15H18BrN3O2. The van der Waals surface area contributed by atoms with Gasteiger partial charge in [-0.3, -0.25) is 4.79 Å². The molecule has 1 amide bonds. The topological polar surface area (TPSA) is 74.2 Å². The van der Waals surface area contributed by atoms with Gasteiger partial charge in [0.25, 0.3) is 0 Å². The maximum absolute atomic E-state index is 12.4. The number of ether oxygens (including phenoxy) is 1. The van der Waals surface area contributed by atoms with Crippen molar-refractivity contribution in [3.05, 3.63) is 28.2 Å². The minimum absolute atomic E-state index is 0.0302. The first-order valence-corrected chi connectivity index (χ1v) is 7.76. The fourth-order valence-corrected chi connectivity index (χ4v) is 2.65. The molecule has 112 valence electrons. The highest BCUT2D eigenvalue weighted by molar-refractivity contribution is 9.10. The van der Waals surface area contributed by atoms with Gasteiger partial charge in [-0.25, -0.2) is 0 Å². The number of nitriles is 1. The predicted molar refractivity (Wildman–Crippen MR) is 83.9 cm³/mol. The summed E-state index contributed by atoms with van der Waals surface area (Å²) in [5.74, 6) is -0.349. The number of hydrogen-bond donors (Lipinski definition) is 2. The van der Waals surface area contributed by atoms with E-state index < -0.39 is 0 Å². The lowest BCUT2D eigenvalue weighted by atomic mass is 10.0. The molecule has 2 rings (SSSR count). The Morgan fingerprint density at radius 1 is 1.52 bits per heavy atom. The van der Waals surface area contributed by atoms with Crippen LogP contribution in [0.15, 0.2) is 22.7 Å². The van der Waals surface area contributed by atoms with Gasteiger partial charge < -0.3 is 15.4 Å². The van der Waals surface area contributed by atoms with Gasteiger partial charge in [-0.1, -0.05) is 22.9 Å². The maximum atomic E-state index is 12.4. The first-order valence-electron chi connectivity index (χ1n) is 6.97. The van der Waals surface area contributed by atoms with Crippen molar-refractivity contribution in [3.63, 3.8) is 0 Å². The normalized spacial score (nSPS) is 21.0. The van der Waals surface area contributed by atoms with Crippen molar-refractivity contribution < 1.29 is 9.53 Å². The molecule has 1 heterocycles. The van der Waals surface area contributed by atoms with E-state index in [1.165, 1.54) is 0 Å². The first-order chi connectivity index (χ1) is 10.2. The van der Waals surface area contributed by atoms with E-state index in [1.807, 2.05) is 0 Å². The van der Waals surface area contributed by atoms with E-state index in [9.17, 15) is 4.79 Å². The quantitative estimate of drug-likeness (QED) is 0.853. The Bertz CT molecular complexity index is 556. The van der Waals surface area contributed by atoms with Gasteiger partial charge in [0.05, 0.1) is 30.4 Å². The molecule has 0 bridgehead atoms. The summed E-state index contributed by atoms with van der Waals surface area (Å²) in [5.41, 5.74) is 0.974. The fraction of sp³-hybridized carbons (Fsp3) is 0.467. The van der Waals surface area contributed by atoms with Crippen molar-refractivity contribution in [2.24, 2.45) is 5.92 Å². The Hall–Kier alpha value is -1.42. The van der Waals surface area contributed by atoms with Crippen LogP contribution in [0.2, 0.25) is 0 Å². The SMILES string of the molecule is CCCNC1COCC1C(=O)Nc1cc(Br)ccc1C#N. The van der Waals surface area contributed by atoms with Gasteiger partial charge in [0.1, 0.15) is 6.07 Å². The Kier molecular flexibility index (Phi) is 5.74. The van der Waals surface area contributed by atoms with Crippen LogP contribution in [0.4, 0.5) is 5.69 Å². The van der Waals surface area contributed by atoms with Crippen LogP contribution in [0.5, 0.6) is 0 Å². The van der Waals surface area contributed by atoms with Gasteiger partial charge in [0.2, 0.25) is 5.91 Å². The molecule has 21 heavy (non-hydrogen) atoms. The van der Waals surface area contributed by atoms with Gasteiger partial charge in [0, 0.05) is 10.5 Å². The molecule has 0 aromatic heterocycles. The molecule has 5 nitrogen and oxygen atoms in total. The highest BCUT2D eigenvalue weighted by Gasteiger charge is 2.33. The zero-order valence-corrected chi connectivity index (χ0v) is 13.4. The van der Waals surface area contributed by atoms with Crippen LogP contribution in [0.1, 0.15) is 18.9 Å². The van der Waals surface area contributed by atoms with E-state index in [0.29, 0.717) is 24.5 Å². The third kappa shape index (κ3) is 4.03. The number of carbonyl (C=O) groups excluding carboxylic acids is 1. The van der Waals surface area contributed by atoms with E-state index in [4.69, 9.17) is 10.00 Å². The summed E-state index contributed by atoms with van der Waals surface area (Å²) < 4.78 is 6.23. The lowest BCUT2D eigenvalue weighted by Gasteiger charge is -2.18. The molecule has 2 N–H and O–H groups in total. The molecule has 1 aliphatic heterocycles. The van der Waals surface area contributed by atoms with Crippen molar-refractivity contribution in [2.75, 3.05) is 25.1 Å². The fourth-order valence-electron chi connectivity index (χ4n) is 2.29. The number of hydrogen-bond acceptors (Lipinski definition) is 4. The number of rotatable bonds is 5. The molecular weight excluding hydrogens is 334 g/mol. The molecule has 0 radical (unpaired) electrons. The lowest BCUT2D eigenvalue weighted by molar-refractivity contribution is -0.120. The summed E-state index contributed by atoms with van der Waals surface area (Å²) in [6.45, 7) is 3.89. The molecule has 2 atom stereocenters. The summed E-state index contributed by atoms with van der Waals surface area (Å²) in [5, 5.41) is 15.3. The predicted octanol–water partition coefficient (Wildman–Crippen LogP) is 2.27. The maximum Gasteiger partial charge on any atom is 0.231 e. The number of benzene rings is 1. The van der Waals surface area contributed by atoms with E-state index in [-0.39, 0.29) is 17.9 Å². The Balaban J connectivity index is 2.07. The second-order valence-electron chi connectivity index (χ2n) is 5.00. The van der Waals surface area contributed by atoms with Crippen LogP contribution in [0, 0.1) is 17.2 Å². The average molecular weight is 352 g/mol. The second kappa shape index (κ2) is 7.55. The third-order valence-corrected chi connectivity index (χ3v) is 3.93. The molecule has 1 aromatic carbocycles. The molecule has 0 spiro atoms. The summed E-state index contributed by atoms with van der Waals surface area (Å²) in [7, 11) is 0. The smallest absolute Gasteiger partial charge is 0.231 e. The summed E-state index contributed by atoms with van der Waals surface area (Å²) >= 11 is 3.35. The summed E-state index contributed by atoms with van der Waals surface area (Å²) in [6.07, 6.45) is 1.01. The zero-order valence-electron chi connectivity index (χ0n) is 11.9. The van der Waals surface area contributed by atoms with Crippen LogP contribution in [-0.2, 0) is 9.53 Å². The molecule has 2 unspecified atom stereocenters. The monoisotopic (exact) mass is 351 g/mol. The van der Waals surface area contributed by atoms with Gasteiger partial charge in [-0.05, 0) is 31.2 Å². The highest BCUT2D eigenvalue weighted by Crippen LogP contribution is 2.23. The number of nitrogens with one attached hydrogen (secondary N) is 2. The average Bonchev–Trinajstić information content (AvgIpc) is 2.94. The van der Waals surface area contributed by atoms with Crippen molar-refractivity contribution >= 4 is 27.5 Å². The number of carbonyl (C=O) groups is 1. The summed E-state index contributed by atoms with van der Waals surface area (Å²) in [4.78, 5) is 12.4. The molecule has 1 saturated heterocycles. The van der Waals surface area contributed by atoms with Crippen LogP contribution < -0.4 is 10.6 Å². The largest absolute Gasteiger partial charge is 0.379 e. The van der Waals surface area contributed by atoms with Crippen molar-refractivity contribution in [3.8, 4) is 6.07 Å².